The Bertz CT molecular complexity index is 314. The molecular weight excluding hydrogens is 196 g/mol. The van der Waals surface area contributed by atoms with Crippen LogP contribution in [0.2, 0.25) is 0 Å². The van der Waals surface area contributed by atoms with E-state index in [0.717, 1.165) is 5.75 Å². The predicted octanol–water partition coefficient (Wildman–Crippen LogP) is 1.23. The number of hydrogen-bond acceptors (Lipinski definition) is 5. The lowest BCUT2D eigenvalue weighted by Gasteiger charge is -2.13. The Morgan fingerprint density at radius 2 is 2.14 bits per heavy atom. The van der Waals surface area contributed by atoms with Crippen molar-refractivity contribution in [1.82, 2.24) is 9.42 Å². The smallest absolute Gasteiger partial charge is 0.135 e. The number of hydrazone groups is 1. The summed E-state index contributed by atoms with van der Waals surface area (Å²) in [4.78, 5) is 0. The summed E-state index contributed by atoms with van der Waals surface area (Å²) in [5, 5.41) is 5.34. The molecule has 5 heteroatoms. The Labute approximate surface area is 87.5 Å². The summed E-state index contributed by atoms with van der Waals surface area (Å²) in [5.74, 6) is 6.42. The zero-order chi connectivity index (χ0) is 9.80. The SMILES string of the molecule is NN1CN(SCc2ccccc2)C=N1. The van der Waals surface area contributed by atoms with Gasteiger partial charge in [-0.2, -0.15) is 0 Å². The fourth-order valence-corrected chi connectivity index (χ4v) is 1.96. The Hall–Kier alpha value is -1.20. The molecule has 2 N–H and O–H groups in total. The molecule has 1 aromatic carbocycles. The van der Waals surface area contributed by atoms with Gasteiger partial charge >= 0.3 is 0 Å². The molecule has 0 amide bonds. The summed E-state index contributed by atoms with van der Waals surface area (Å²) < 4.78 is 2.01. The summed E-state index contributed by atoms with van der Waals surface area (Å²) in [6.07, 6.45) is 1.74. The third-order valence-electron chi connectivity index (χ3n) is 1.85. The van der Waals surface area contributed by atoms with Gasteiger partial charge in [-0.1, -0.05) is 30.3 Å². The van der Waals surface area contributed by atoms with E-state index < -0.39 is 0 Å². The lowest BCUT2D eigenvalue weighted by Crippen LogP contribution is -2.27. The maximum absolute atomic E-state index is 5.47. The van der Waals surface area contributed by atoms with Crippen LogP contribution < -0.4 is 5.84 Å². The maximum Gasteiger partial charge on any atom is 0.135 e. The quantitative estimate of drug-likeness (QED) is 0.599. The van der Waals surface area contributed by atoms with Crippen molar-refractivity contribution < 1.29 is 0 Å². The van der Waals surface area contributed by atoms with Gasteiger partial charge in [0.2, 0.25) is 0 Å². The topological polar surface area (TPSA) is 44.9 Å². The molecule has 0 aromatic heterocycles. The monoisotopic (exact) mass is 208 g/mol. The highest BCUT2D eigenvalue weighted by Gasteiger charge is 2.10. The zero-order valence-electron chi connectivity index (χ0n) is 7.71. The molecule has 1 aliphatic rings. The van der Waals surface area contributed by atoms with E-state index in [2.05, 4.69) is 17.2 Å². The molecule has 2 rings (SSSR count). The summed E-state index contributed by atoms with van der Waals surface area (Å²) in [7, 11) is 0. The Morgan fingerprint density at radius 3 is 2.79 bits per heavy atom. The Kier molecular flexibility index (Phi) is 2.90. The highest BCUT2D eigenvalue weighted by Crippen LogP contribution is 2.17. The minimum absolute atomic E-state index is 0.650. The standard InChI is InChI=1S/C9H12N4S/c10-13-8-12(7-11-13)14-6-9-4-2-1-3-5-9/h1-5,7H,6,8,10H2. The van der Waals surface area contributed by atoms with Gasteiger partial charge in [-0.3, -0.25) is 4.31 Å². The average molecular weight is 208 g/mol. The van der Waals surface area contributed by atoms with Crippen LogP contribution >= 0.6 is 11.9 Å². The van der Waals surface area contributed by atoms with E-state index in [4.69, 9.17) is 5.84 Å². The molecule has 1 aromatic rings. The summed E-state index contributed by atoms with van der Waals surface area (Å²) in [6.45, 7) is 0.650. The Balaban J connectivity index is 1.81. The molecule has 0 aliphatic carbocycles. The van der Waals surface area contributed by atoms with Crippen LogP contribution in [0.1, 0.15) is 5.56 Å². The number of nitrogens with zero attached hydrogens (tertiary/aromatic N) is 3. The summed E-state index contributed by atoms with van der Waals surface area (Å²) in [6, 6.07) is 10.3. The number of hydrogen-bond donors (Lipinski definition) is 1. The van der Waals surface area contributed by atoms with Crippen LogP contribution in [-0.4, -0.2) is 22.4 Å². The second kappa shape index (κ2) is 4.34. The van der Waals surface area contributed by atoms with E-state index >= 15 is 0 Å². The van der Waals surface area contributed by atoms with E-state index in [-0.39, 0.29) is 0 Å². The van der Waals surface area contributed by atoms with E-state index in [1.54, 1.807) is 18.3 Å². The van der Waals surface area contributed by atoms with Crippen molar-refractivity contribution in [3.63, 3.8) is 0 Å². The molecule has 0 saturated carbocycles. The number of rotatable bonds is 3. The molecule has 0 spiro atoms. The van der Waals surface area contributed by atoms with E-state index in [0.29, 0.717) is 6.67 Å². The van der Waals surface area contributed by atoms with Crippen LogP contribution in [0, 0.1) is 0 Å². The molecule has 0 atom stereocenters. The Morgan fingerprint density at radius 1 is 1.36 bits per heavy atom. The lowest BCUT2D eigenvalue weighted by atomic mass is 10.2. The lowest BCUT2D eigenvalue weighted by molar-refractivity contribution is 0.291. The van der Waals surface area contributed by atoms with Gasteiger partial charge in [0.1, 0.15) is 13.0 Å². The second-order valence-electron chi connectivity index (χ2n) is 2.99. The first-order valence-electron chi connectivity index (χ1n) is 4.34. The second-order valence-corrected chi connectivity index (χ2v) is 4.00. The van der Waals surface area contributed by atoms with Crippen molar-refractivity contribution in [1.29, 1.82) is 0 Å². The highest BCUT2D eigenvalue weighted by molar-refractivity contribution is 7.96. The van der Waals surface area contributed by atoms with Gasteiger partial charge in [0.25, 0.3) is 0 Å². The summed E-state index contributed by atoms with van der Waals surface area (Å²) in [5.41, 5.74) is 1.31. The number of hydrazine groups is 1. The first-order chi connectivity index (χ1) is 6.84. The van der Waals surface area contributed by atoms with Crippen molar-refractivity contribution in [3.05, 3.63) is 35.9 Å². The van der Waals surface area contributed by atoms with Crippen LogP contribution in [0.25, 0.3) is 0 Å². The fraction of sp³-hybridized carbons (Fsp3) is 0.222. The van der Waals surface area contributed by atoms with Crippen LogP contribution in [-0.2, 0) is 5.75 Å². The fourth-order valence-electron chi connectivity index (χ4n) is 1.15. The van der Waals surface area contributed by atoms with Crippen molar-refractivity contribution in [2.45, 2.75) is 5.75 Å². The first kappa shape index (κ1) is 9.36. The normalized spacial score (nSPS) is 15.2. The first-order valence-corrected chi connectivity index (χ1v) is 5.29. The largest absolute Gasteiger partial charge is 0.282 e. The van der Waals surface area contributed by atoms with Gasteiger partial charge in [0.05, 0.1) is 0 Å². The van der Waals surface area contributed by atoms with Gasteiger partial charge in [-0.25, -0.2) is 11.0 Å². The summed E-state index contributed by atoms with van der Waals surface area (Å²) >= 11 is 1.70. The van der Waals surface area contributed by atoms with E-state index in [1.807, 2.05) is 22.5 Å². The van der Waals surface area contributed by atoms with E-state index in [9.17, 15) is 0 Å². The van der Waals surface area contributed by atoms with Crippen LogP contribution in [0.5, 0.6) is 0 Å². The highest BCUT2D eigenvalue weighted by atomic mass is 32.2. The predicted molar refractivity (Wildman–Crippen MR) is 59.0 cm³/mol. The number of nitrogens with two attached hydrogens (primary N) is 1. The third kappa shape index (κ3) is 2.40. The van der Waals surface area contributed by atoms with Gasteiger partial charge in [0, 0.05) is 5.75 Å². The molecular formula is C9H12N4S. The minimum Gasteiger partial charge on any atom is -0.282 e. The van der Waals surface area contributed by atoms with Gasteiger partial charge in [-0.05, 0) is 17.5 Å². The molecule has 74 valence electrons. The molecule has 0 saturated heterocycles. The van der Waals surface area contributed by atoms with Gasteiger partial charge < -0.3 is 0 Å². The third-order valence-corrected chi connectivity index (χ3v) is 2.86. The van der Waals surface area contributed by atoms with Crippen molar-refractivity contribution in [2.75, 3.05) is 6.67 Å². The van der Waals surface area contributed by atoms with E-state index in [1.165, 1.54) is 10.7 Å². The minimum atomic E-state index is 0.650. The molecule has 4 nitrogen and oxygen atoms in total. The molecule has 1 aliphatic heterocycles. The van der Waals surface area contributed by atoms with Crippen LogP contribution in [0.15, 0.2) is 35.4 Å². The average Bonchev–Trinajstić information content (AvgIpc) is 2.63. The van der Waals surface area contributed by atoms with Crippen molar-refractivity contribution >= 4 is 18.3 Å². The molecule has 0 bridgehead atoms. The molecule has 0 fully saturated rings. The molecule has 1 heterocycles. The van der Waals surface area contributed by atoms with Gasteiger partial charge in [-0.15, -0.1) is 5.10 Å². The van der Waals surface area contributed by atoms with Crippen LogP contribution in [0.4, 0.5) is 0 Å². The van der Waals surface area contributed by atoms with Crippen LogP contribution in [0.3, 0.4) is 0 Å². The van der Waals surface area contributed by atoms with Crippen molar-refractivity contribution in [2.24, 2.45) is 10.9 Å². The van der Waals surface area contributed by atoms with Gasteiger partial charge in [0.15, 0.2) is 0 Å². The van der Waals surface area contributed by atoms with Crippen molar-refractivity contribution in [3.8, 4) is 0 Å². The molecule has 14 heavy (non-hydrogen) atoms. The maximum atomic E-state index is 5.47. The zero-order valence-corrected chi connectivity index (χ0v) is 8.52. The number of benzene rings is 1. The molecule has 0 radical (unpaired) electrons. The molecule has 0 unspecified atom stereocenters.